The second-order valence-electron chi connectivity index (χ2n) is 4.18. The number of hydrogen-bond donors (Lipinski definition) is 1. The van der Waals surface area contributed by atoms with Crippen LogP contribution in [0.2, 0.25) is 0 Å². The summed E-state index contributed by atoms with van der Waals surface area (Å²) in [5, 5.41) is 0. The predicted octanol–water partition coefficient (Wildman–Crippen LogP) is 3.02. The van der Waals surface area contributed by atoms with Gasteiger partial charge < -0.3 is 5.73 Å². The maximum Gasteiger partial charge on any atom is 0.418 e. The molecular weight excluding hydrogens is 269 g/mol. The van der Waals surface area contributed by atoms with Crippen LogP contribution in [0.4, 0.5) is 19.1 Å². The lowest BCUT2D eigenvalue weighted by Gasteiger charge is -2.14. The minimum Gasteiger partial charge on any atom is -0.369 e. The molecular formula is C13H9F3N4. The molecule has 3 aromatic rings. The Bertz CT molecular complexity index is 777. The minimum absolute atomic E-state index is 0.00954. The molecule has 0 bridgehead atoms. The van der Waals surface area contributed by atoms with E-state index in [1.165, 1.54) is 35.2 Å². The number of nitrogens with zero attached hydrogens (tertiary/aromatic N) is 3. The van der Waals surface area contributed by atoms with Gasteiger partial charge in [-0.25, -0.2) is 4.98 Å². The van der Waals surface area contributed by atoms with Crippen molar-refractivity contribution < 1.29 is 13.2 Å². The number of rotatable bonds is 1. The van der Waals surface area contributed by atoms with E-state index in [4.69, 9.17) is 5.73 Å². The highest BCUT2D eigenvalue weighted by Crippen LogP contribution is 2.35. The van der Waals surface area contributed by atoms with Gasteiger partial charge in [0.05, 0.1) is 23.0 Å². The van der Waals surface area contributed by atoms with E-state index in [9.17, 15) is 13.2 Å². The van der Waals surface area contributed by atoms with Gasteiger partial charge in [0.1, 0.15) is 5.52 Å². The van der Waals surface area contributed by atoms with Crippen molar-refractivity contribution in [2.45, 2.75) is 6.18 Å². The number of anilines is 1. The van der Waals surface area contributed by atoms with Crippen molar-refractivity contribution in [1.29, 1.82) is 0 Å². The van der Waals surface area contributed by atoms with Gasteiger partial charge in [0.25, 0.3) is 0 Å². The molecule has 0 aliphatic rings. The Morgan fingerprint density at radius 1 is 1.10 bits per heavy atom. The van der Waals surface area contributed by atoms with E-state index < -0.39 is 11.7 Å². The van der Waals surface area contributed by atoms with Crippen LogP contribution in [0.3, 0.4) is 0 Å². The fourth-order valence-electron chi connectivity index (χ4n) is 2.11. The lowest BCUT2D eigenvalue weighted by Crippen LogP contribution is -2.12. The van der Waals surface area contributed by atoms with Crippen LogP contribution < -0.4 is 5.73 Å². The molecule has 0 saturated carbocycles. The number of para-hydroxylation sites is 1. The SMILES string of the molecule is Nc1nc2cnccc2n1-c1ccccc1C(F)(F)F. The Balaban J connectivity index is 2.35. The molecule has 2 aromatic heterocycles. The van der Waals surface area contributed by atoms with E-state index in [1.54, 1.807) is 6.07 Å². The summed E-state index contributed by atoms with van der Waals surface area (Å²) in [6.45, 7) is 0. The van der Waals surface area contributed by atoms with E-state index >= 15 is 0 Å². The van der Waals surface area contributed by atoms with Crippen LogP contribution in [0.5, 0.6) is 0 Å². The van der Waals surface area contributed by atoms with Crippen molar-refractivity contribution in [3.8, 4) is 5.69 Å². The number of pyridine rings is 1. The van der Waals surface area contributed by atoms with Crippen LogP contribution in [-0.4, -0.2) is 14.5 Å². The quantitative estimate of drug-likeness (QED) is 0.744. The van der Waals surface area contributed by atoms with Crippen molar-refractivity contribution in [3.63, 3.8) is 0 Å². The molecule has 1 aromatic carbocycles. The van der Waals surface area contributed by atoms with E-state index in [0.29, 0.717) is 11.0 Å². The summed E-state index contributed by atoms with van der Waals surface area (Å²) in [4.78, 5) is 7.90. The predicted molar refractivity (Wildman–Crippen MR) is 68.3 cm³/mol. The van der Waals surface area contributed by atoms with E-state index in [1.807, 2.05) is 0 Å². The van der Waals surface area contributed by atoms with Gasteiger partial charge in [0.15, 0.2) is 0 Å². The number of imidazole rings is 1. The number of benzene rings is 1. The molecule has 0 aliphatic carbocycles. The van der Waals surface area contributed by atoms with Crippen LogP contribution in [0.1, 0.15) is 5.56 Å². The maximum absolute atomic E-state index is 13.1. The standard InChI is InChI=1S/C13H9F3N4/c14-13(15,16)8-3-1-2-4-10(8)20-11-5-6-18-7-9(11)19-12(20)17/h1-7H,(H2,17,19). The molecule has 0 amide bonds. The average molecular weight is 278 g/mol. The number of fused-ring (bicyclic) bond motifs is 1. The van der Waals surface area contributed by atoms with Gasteiger partial charge in [-0.15, -0.1) is 0 Å². The molecule has 0 fully saturated rings. The first-order valence-electron chi connectivity index (χ1n) is 5.73. The molecule has 4 nitrogen and oxygen atoms in total. The summed E-state index contributed by atoms with van der Waals surface area (Å²) in [5.74, 6) is -0.00954. The lowest BCUT2D eigenvalue weighted by molar-refractivity contribution is -0.137. The third-order valence-electron chi connectivity index (χ3n) is 2.93. The number of halogens is 3. The molecule has 0 radical (unpaired) electrons. The fourth-order valence-corrected chi connectivity index (χ4v) is 2.11. The van der Waals surface area contributed by atoms with Crippen LogP contribution in [-0.2, 0) is 6.18 Å². The van der Waals surface area contributed by atoms with E-state index in [-0.39, 0.29) is 11.6 Å². The first-order chi connectivity index (χ1) is 9.48. The molecule has 2 N–H and O–H groups in total. The molecule has 0 spiro atoms. The van der Waals surface area contributed by atoms with Crippen LogP contribution in [0.15, 0.2) is 42.7 Å². The summed E-state index contributed by atoms with van der Waals surface area (Å²) < 4.78 is 40.5. The summed E-state index contributed by atoms with van der Waals surface area (Å²) >= 11 is 0. The topological polar surface area (TPSA) is 56.7 Å². The van der Waals surface area contributed by atoms with Gasteiger partial charge in [-0.3, -0.25) is 9.55 Å². The monoisotopic (exact) mass is 278 g/mol. The Morgan fingerprint density at radius 2 is 1.85 bits per heavy atom. The Kier molecular flexibility index (Phi) is 2.63. The number of hydrogen-bond acceptors (Lipinski definition) is 3. The summed E-state index contributed by atoms with van der Waals surface area (Å²) in [6, 6.07) is 6.81. The molecule has 102 valence electrons. The fraction of sp³-hybridized carbons (Fsp3) is 0.0769. The zero-order valence-corrected chi connectivity index (χ0v) is 10.1. The smallest absolute Gasteiger partial charge is 0.369 e. The summed E-state index contributed by atoms with van der Waals surface area (Å²) in [7, 11) is 0. The average Bonchev–Trinajstić information content (AvgIpc) is 2.73. The molecule has 3 rings (SSSR count). The zero-order valence-electron chi connectivity index (χ0n) is 10.1. The van der Waals surface area contributed by atoms with Gasteiger partial charge in [-0.1, -0.05) is 12.1 Å². The van der Waals surface area contributed by atoms with Crippen molar-refractivity contribution in [3.05, 3.63) is 48.3 Å². The van der Waals surface area contributed by atoms with Gasteiger partial charge in [-0.2, -0.15) is 13.2 Å². The van der Waals surface area contributed by atoms with Crippen LogP contribution >= 0.6 is 0 Å². The first-order valence-corrected chi connectivity index (χ1v) is 5.73. The molecule has 7 heteroatoms. The Morgan fingerprint density at radius 3 is 2.60 bits per heavy atom. The van der Waals surface area contributed by atoms with Gasteiger partial charge in [0, 0.05) is 6.20 Å². The zero-order chi connectivity index (χ0) is 14.3. The second-order valence-corrected chi connectivity index (χ2v) is 4.18. The third-order valence-corrected chi connectivity index (χ3v) is 2.93. The van der Waals surface area contributed by atoms with Crippen molar-refractivity contribution in [1.82, 2.24) is 14.5 Å². The Hall–Kier alpha value is -2.57. The van der Waals surface area contributed by atoms with E-state index in [0.717, 1.165) is 6.07 Å². The molecule has 0 aliphatic heterocycles. The second kappa shape index (κ2) is 4.22. The van der Waals surface area contributed by atoms with Gasteiger partial charge in [-0.05, 0) is 18.2 Å². The van der Waals surface area contributed by atoms with Crippen LogP contribution in [0, 0.1) is 0 Å². The maximum atomic E-state index is 13.1. The molecule has 0 unspecified atom stereocenters. The molecule has 0 atom stereocenters. The van der Waals surface area contributed by atoms with Gasteiger partial charge in [0.2, 0.25) is 5.95 Å². The highest BCUT2D eigenvalue weighted by molar-refractivity contribution is 5.80. The molecule has 2 heterocycles. The molecule has 0 saturated heterocycles. The largest absolute Gasteiger partial charge is 0.418 e. The summed E-state index contributed by atoms with van der Waals surface area (Å²) in [5.41, 5.74) is 5.87. The van der Waals surface area contributed by atoms with Gasteiger partial charge >= 0.3 is 6.18 Å². The number of aromatic nitrogens is 3. The third kappa shape index (κ3) is 1.87. The minimum atomic E-state index is -4.47. The number of nitrogens with two attached hydrogens (primary N) is 1. The van der Waals surface area contributed by atoms with Crippen molar-refractivity contribution in [2.75, 3.05) is 5.73 Å². The normalized spacial score (nSPS) is 11.9. The highest BCUT2D eigenvalue weighted by Gasteiger charge is 2.34. The number of alkyl halides is 3. The van der Waals surface area contributed by atoms with Crippen molar-refractivity contribution in [2.24, 2.45) is 0 Å². The van der Waals surface area contributed by atoms with E-state index in [2.05, 4.69) is 9.97 Å². The molecule has 20 heavy (non-hydrogen) atoms. The Labute approximate surface area is 111 Å². The highest BCUT2D eigenvalue weighted by atomic mass is 19.4. The van der Waals surface area contributed by atoms with Crippen LogP contribution in [0.25, 0.3) is 16.7 Å². The van der Waals surface area contributed by atoms with Crippen molar-refractivity contribution >= 4 is 17.0 Å². The first kappa shape index (κ1) is 12.5. The number of nitrogen functional groups attached to an aromatic ring is 1. The lowest BCUT2D eigenvalue weighted by atomic mass is 10.1. The summed E-state index contributed by atoms with van der Waals surface area (Å²) in [6.07, 6.45) is -1.53.